The molecule has 8 heteroatoms. The van der Waals surface area contributed by atoms with Crippen LogP contribution in [0.25, 0.3) is 0 Å². The molecule has 1 amide bonds. The first-order valence-electron chi connectivity index (χ1n) is 12.1. The van der Waals surface area contributed by atoms with Crippen LogP contribution in [0.5, 0.6) is 11.5 Å². The van der Waals surface area contributed by atoms with Gasteiger partial charge < -0.3 is 19.6 Å². The van der Waals surface area contributed by atoms with E-state index in [1.165, 1.54) is 11.8 Å². The Morgan fingerprint density at radius 3 is 2.32 bits per heavy atom. The Kier molecular flexibility index (Phi) is 10.4. The third kappa shape index (κ3) is 9.22. The van der Waals surface area contributed by atoms with Crippen LogP contribution in [0, 0.1) is 17.4 Å². The number of hydroxylamine groups is 1. The minimum atomic E-state index is -0.567. The lowest BCUT2D eigenvalue weighted by Crippen LogP contribution is -2.16. The minimum Gasteiger partial charge on any atom is -0.493 e. The van der Waals surface area contributed by atoms with Gasteiger partial charge in [0.1, 0.15) is 18.1 Å². The van der Waals surface area contributed by atoms with Crippen molar-refractivity contribution >= 4 is 17.6 Å². The predicted molar refractivity (Wildman–Crippen MR) is 140 cm³/mol. The zero-order chi connectivity index (χ0) is 26.5. The predicted octanol–water partition coefficient (Wildman–Crippen LogP) is 5.40. The van der Waals surface area contributed by atoms with Gasteiger partial charge in [0.15, 0.2) is 0 Å². The fourth-order valence-corrected chi connectivity index (χ4v) is 3.55. The van der Waals surface area contributed by atoms with E-state index in [-0.39, 0.29) is 18.9 Å². The van der Waals surface area contributed by atoms with Gasteiger partial charge >= 0.3 is 5.97 Å². The minimum absolute atomic E-state index is 0.0703. The number of hydrogen-bond donors (Lipinski definition) is 2. The molecule has 0 bridgehead atoms. The summed E-state index contributed by atoms with van der Waals surface area (Å²) < 4.78 is 11.6. The third-order valence-electron chi connectivity index (χ3n) is 5.31. The fraction of sp³-hybridized carbons (Fsp3) is 0.276. The highest BCUT2D eigenvalue weighted by Gasteiger charge is 2.13. The Balaban J connectivity index is 1.49. The summed E-state index contributed by atoms with van der Waals surface area (Å²) in [6, 6.07) is 22.5. The number of benzene rings is 3. The standard InChI is InChI=1S/C29H31N3O5/c1-21(2)18-22-9-11-23(12-10-22)19-36-25-15-13-24(14-16-25)32-29(34)26-6-3-4-7-27(26)35-17-5-8-28(33)37-31-20-30/h3-4,6-7,9-16,21,31H,5,8,17-19H2,1-2H3,(H,32,34). The number of carbonyl (C=O) groups is 2. The van der Waals surface area contributed by atoms with Crippen LogP contribution >= 0.6 is 0 Å². The second-order valence-corrected chi connectivity index (χ2v) is 8.82. The van der Waals surface area contributed by atoms with E-state index in [9.17, 15) is 9.59 Å². The number of nitrogens with zero attached hydrogens (tertiary/aromatic N) is 1. The summed E-state index contributed by atoms with van der Waals surface area (Å²) in [5.74, 6) is 0.852. The highest BCUT2D eigenvalue weighted by molar-refractivity contribution is 6.06. The van der Waals surface area contributed by atoms with Crippen molar-refractivity contribution < 1.29 is 23.9 Å². The van der Waals surface area contributed by atoms with E-state index in [0.29, 0.717) is 41.7 Å². The topological polar surface area (TPSA) is 110 Å². The second kappa shape index (κ2) is 14.1. The van der Waals surface area contributed by atoms with Crippen LogP contribution in [0.3, 0.4) is 0 Å². The Bertz CT molecular complexity index is 1200. The van der Waals surface area contributed by atoms with Crippen LogP contribution in [-0.4, -0.2) is 18.5 Å². The van der Waals surface area contributed by atoms with Crippen molar-refractivity contribution in [2.45, 2.75) is 39.7 Å². The largest absolute Gasteiger partial charge is 0.493 e. The smallest absolute Gasteiger partial charge is 0.333 e. The van der Waals surface area contributed by atoms with Gasteiger partial charge in [-0.15, -0.1) is 0 Å². The van der Waals surface area contributed by atoms with E-state index < -0.39 is 5.97 Å². The van der Waals surface area contributed by atoms with Crippen molar-refractivity contribution in [2.24, 2.45) is 5.92 Å². The van der Waals surface area contributed by atoms with Gasteiger partial charge in [-0.25, -0.2) is 4.79 Å². The molecule has 3 rings (SSSR count). The summed E-state index contributed by atoms with van der Waals surface area (Å²) >= 11 is 0. The first-order valence-corrected chi connectivity index (χ1v) is 12.1. The summed E-state index contributed by atoms with van der Waals surface area (Å²) in [4.78, 5) is 28.7. The van der Waals surface area contributed by atoms with Crippen LogP contribution in [0.15, 0.2) is 72.8 Å². The molecule has 0 aromatic heterocycles. The van der Waals surface area contributed by atoms with Gasteiger partial charge in [0.2, 0.25) is 6.19 Å². The number of anilines is 1. The van der Waals surface area contributed by atoms with Gasteiger partial charge in [0.25, 0.3) is 5.91 Å². The maximum absolute atomic E-state index is 12.8. The third-order valence-corrected chi connectivity index (χ3v) is 5.31. The van der Waals surface area contributed by atoms with E-state index in [2.05, 4.69) is 48.3 Å². The van der Waals surface area contributed by atoms with Crippen LogP contribution in [0.1, 0.15) is 48.2 Å². The van der Waals surface area contributed by atoms with Crippen molar-refractivity contribution in [3.05, 3.63) is 89.5 Å². The van der Waals surface area contributed by atoms with Crippen molar-refractivity contribution in [1.29, 1.82) is 5.26 Å². The van der Waals surface area contributed by atoms with Crippen molar-refractivity contribution in [1.82, 2.24) is 5.48 Å². The molecule has 0 unspecified atom stereocenters. The van der Waals surface area contributed by atoms with Crippen LogP contribution < -0.4 is 20.3 Å². The molecule has 3 aromatic carbocycles. The zero-order valence-electron chi connectivity index (χ0n) is 21.0. The molecule has 0 aliphatic rings. The first-order chi connectivity index (χ1) is 17.9. The Morgan fingerprint density at radius 1 is 0.919 bits per heavy atom. The fourth-order valence-electron chi connectivity index (χ4n) is 3.55. The molecule has 0 heterocycles. The molecule has 0 radical (unpaired) electrons. The van der Waals surface area contributed by atoms with E-state index in [1.807, 2.05) is 17.6 Å². The molecule has 192 valence electrons. The number of amides is 1. The van der Waals surface area contributed by atoms with E-state index >= 15 is 0 Å². The number of hydrogen-bond acceptors (Lipinski definition) is 7. The first kappa shape index (κ1) is 27.1. The van der Waals surface area contributed by atoms with Crippen LogP contribution in [0.2, 0.25) is 0 Å². The normalized spacial score (nSPS) is 10.3. The molecule has 0 aliphatic heterocycles. The summed E-state index contributed by atoms with van der Waals surface area (Å²) in [7, 11) is 0. The maximum Gasteiger partial charge on any atom is 0.333 e. The molecule has 0 fully saturated rings. The van der Waals surface area contributed by atoms with Gasteiger partial charge in [-0.3, -0.25) is 4.79 Å². The average Bonchev–Trinajstić information content (AvgIpc) is 2.90. The number of carbonyl (C=O) groups excluding carboxylic acids is 2. The Labute approximate surface area is 217 Å². The summed E-state index contributed by atoms with van der Waals surface area (Å²) in [5.41, 5.74) is 5.24. The highest BCUT2D eigenvalue weighted by Crippen LogP contribution is 2.22. The number of rotatable bonds is 13. The second-order valence-electron chi connectivity index (χ2n) is 8.82. The van der Waals surface area contributed by atoms with E-state index in [4.69, 9.17) is 14.7 Å². The number of ether oxygens (including phenoxy) is 2. The van der Waals surface area contributed by atoms with E-state index in [1.54, 1.807) is 36.4 Å². The van der Waals surface area contributed by atoms with Gasteiger partial charge in [0.05, 0.1) is 18.6 Å². The quantitative estimate of drug-likeness (QED) is 0.140. The van der Waals surface area contributed by atoms with E-state index in [0.717, 1.165) is 12.0 Å². The van der Waals surface area contributed by atoms with Gasteiger partial charge in [-0.05, 0) is 66.3 Å². The molecule has 0 atom stereocenters. The number of para-hydroxylation sites is 1. The Morgan fingerprint density at radius 2 is 1.62 bits per heavy atom. The lowest BCUT2D eigenvalue weighted by Gasteiger charge is -2.12. The number of nitriles is 1. The summed E-state index contributed by atoms with van der Waals surface area (Å²) in [6.45, 7) is 5.08. The molecule has 0 aliphatic carbocycles. The molecule has 0 saturated heterocycles. The van der Waals surface area contributed by atoms with Crippen molar-refractivity contribution in [3.63, 3.8) is 0 Å². The van der Waals surface area contributed by atoms with Gasteiger partial charge in [0, 0.05) is 5.69 Å². The highest BCUT2D eigenvalue weighted by atomic mass is 16.7. The molecule has 8 nitrogen and oxygen atoms in total. The van der Waals surface area contributed by atoms with Gasteiger partial charge in [-0.1, -0.05) is 50.2 Å². The van der Waals surface area contributed by atoms with Crippen molar-refractivity contribution in [2.75, 3.05) is 11.9 Å². The molecule has 37 heavy (non-hydrogen) atoms. The molecule has 2 N–H and O–H groups in total. The summed E-state index contributed by atoms with van der Waals surface area (Å²) in [5, 5.41) is 11.2. The van der Waals surface area contributed by atoms with Gasteiger partial charge in [-0.2, -0.15) is 10.7 Å². The molecular weight excluding hydrogens is 470 g/mol. The summed E-state index contributed by atoms with van der Waals surface area (Å²) in [6.07, 6.45) is 3.00. The SMILES string of the molecule is CC(C)Cc1ccc(COc2ccc(NC(=O)c3ccccc3OCCCC(=O)ONC#N)cc2)cc1. The Hall–Kier alpha value is -4.51. The monoisotopic (exact) mass is 501 g/mol. The van der Waals surface area contributed by atoms with Crippen LogP contribution in [0.4, 0.5) is 5.69 Å². The molecule has 3 aromatic rings. The maximum atomic E-state index is 12.8. The molecule has 0 saturated carbocycles. The van der Waals surface area contributed by atoms with Crippen LogP contribution in [-0.2, 0) is 22.7 Å². The average molecular weight is 502 g/mol. The zero-order valence-corrected chi connectivity index (χ0v) is 21.0. The van der Waals surface area contributed by atoms with Crippen molar-refractivity contribution in [3.8, 4) is 17.7 Å². The lowest BCUT2D eigenvalue weighted by atomic mass is 10.0. The molecular formula is C29H31N3O5. The number of nitrogens with one attached hydrogen (secondary N) is 2. The molecule has 0 spiro atoms. The lowest BCUT2D eigenvalue weighted by molar-refractivity contribution is -0.148.